The van der Waals surface area contributed by atoms with Crippen LogP contribution in [0, 0.1) is 0 Å². The zero-order valence-corrected chi connectivity index (χ0v) is 14.1. The van der Waals surface area contributed by atoms with Crippen molar-refractivity contribution in [2.75, 3.05) is 31.5 Å². The van der Waals surface area contributed by atoms with Crippen molar-refractivity contribution in [3.63, 3.8) is 0 Å². The highest BCUT2D eigenvalue weighted by Gasteiger charge is 2.19. The summed E-state index contributed by atoms with van der Waals surface area (Å²) in [6.45, 7) is 4.25. The van der Waals surface area contributed by atoms with E-state index in [1.165, 1.54) is 5.56 Å². The Morgan fingerprint density at radius 3 is 2.20 bits per heavy atom. The van der Waals surface area contributed by atoms with Crippen molar-refractivity contribution < 1.29 is 4.79 Å². The molecule has 1 heterocycles. The second kappa shape index (κ2) is 8.30. The van der Waals surface area contributed by atoms with Crippen LogP contribution in [0.2, 0.25) is 0 Å². The summed E-state index contributed by atoms with van der Waals surface area (Å²) in [4.78, 5) is 20.2. The second-order valence-electron chi connectivity index (χ2n) is 6.01. The van der Waals surface area contributed by atoms with Gasteiger partial charge in [0.2, 0.25) is 5.96 Å². The maximum absolute atomic E-state index is 12.0. The number of amides is 2. The fourth-order valence-corrected chi connectivity index (χ4v) is 2.82. The van der Waals surface area contributed by atoms with E-state index in [1.54, 1.807) is 0 Å². The SMILES string of the molecule is NC(=NC(=O)Nc1ccccc1)N1CCN(Cc2ccccc2)CC1. The van der Waals surface area contributed by atoms with Gasteiger partial charge in [0.05, 0.1) is 0 Å². The molecule has 0 aromatic heterocycles. The first-order chi connectivity index (χ1) is 12.2. The summed E-state index contributed by atoms with van der Waals surface area (Å²) in [6, 6.07) is 19.2. The molecule has 3 rings (SSSR count). The Morgan fingerprint density at radius 1 is 0.960 bits per heavy atom. The van der Waals surface area contributed by atoms with Crippen molar-refractivity contribution >= 4 is 17.7 Å². The monoisotopic (exact) mass is 337 g/mol. The first-order valence-electron chi connectivity index (χ1n) is 8.42. The number of piperazine rings is 1. The molecule has 0 bridgehead atoms. The number of anilines is 1. The Morgan fingerprint density at radius 2 is 1.56 bits per heavy atom. The summed E-state index contributed by atoms with van der Waals surface area (Å²) in [5.41, 5.74) is 8.01. The molecule has 0 aliphatic carbocycles. The van der Waals surface area contributed by atoms with Gasteiger partial charge < -0.3 is 16.0 Å². The molecular formula is C19H23N5O. The molecule has 0 saturated carbocycles. The highest BCUT2D eigenvalue weighted by Crippen LogP contribution is 2.09. The van der Waals surface area contributed by atoms with Crippen LogP contribution in [0.1, 0.15) is 5.56 Å². The largest absolute Gasteiger partial charge is 0.369 e. The molecule has 1 aliphatic rings. The van der Waals surface area contributed by atoms with Gasteiger partial charge in [0, 0.05) is 38.4 Å². The number of rotatable bonds is 3. The Labute approximate surface area is 148 Å². The molecule has 0 atom stereocenters. The highest BCUT2D eigenvalue weighted by molar-refractivity contribution is 5.98. The van der Waals surface area contributed by atoms with Crippen molar-refractivity contribution in [3.8, 4) is 0 Å². The maximum Gasteiger partial charge on any atom is 0.348 e. The Hall–Kier alpha value is -2.86. The average Bonchev–Trinajstić information content (AvgIpc) is 2.64. The first-order valence-corrected chi connectivity index (χ1v) is 8.42. The number of hydrogen-bond donors (Lipinski definition) is 2. The van der Waals surface area contributed by atoms with Crippen LogP contribution in [-0.4, -0.2) is 48.0 Å². The number of nitrogens with one attached hydrogen (secondary N) is 1. The number of nitrogens with two attached hydrogens (primary N) is 1. The quantitative estimate of drug-likeness (QED) is 0.666. The van der Waals surface area contributed by atoms with Crippen molar-refractivity contribution in [2.45, 2.75) is 6.54 Å². The summed E-state index contributed by atoms with van der Waals surface area (Å²) in [7, 11) is 0. The van der Waals surface area contributed by atoms with E-state index in [-0.39, 0.29) is 5.96 Å². The molecule has 6 heteroatoms. The molecule has 0 radical (unpaired) electrons. The number of carbonyl (C=O) groups excluding carboxylic acids is 1. The van der Waals surface area contributed by atoms with E-state index < -0.39 is 6.03 Å². The van der Waals surface area contributed by atoms with Crippen LogP contribution < -0.4 is 11.1 Å². The van der Waals surface area contributed by atoms with Crippen molar-refractivity contribution in [2.24, 2.45) is 10.7 Å². The number of para-hydroxylation sites is 1. The standard InChI is InChI=1S/C19H23N5O/c20-18(22-19(25)21-17-9-5-2-6-10-17)24-13-11-23(12-14-24)15-16-7-3-1-4-8-16/h1-10H,11-15H2,(H3,20,21,22,25). The molecule has 25 heavy (non-hydrogen) atoms. The van der Waals surface area contributed by atoms with Crippen LogP contribution in [0.5, 0.6) is 0 Å². The number of benzene rings is 2. The molecule has 1 saturated heterocycles. The van der Waals surface area contributed by atoms with Crippen molar-refractivity contribution in [3.05, 3.63) is 66.2 Å². The van der Waals surface area contributed by atoms with E-state index in [9.17, 15) is 4.79 Å². The molecular weight excluding hydrogens is 314 g/mol. The summed E-state index contributed by atoms with van der Waals surface area (Å²) in [6.07, 6.45) is 0. The Balaban J connectivity index is 1.49. The van der Waals surface area contributed by atoms with E-state index >= 15 is 0 Å². The van der Waals surface area contributed by atoms with Crippen molar-refractivity contribution in [1.82, 2.24) is 9.80 Å². The number of urea groups is 1. The van der Waals surface area contributed by atoms with Gasteiger partial charge in [-0.1, -0.05) is 48.5 Å². The van der Waals surface area contributed by atoms with Gasteiger partial charge in [0.15, 0.2) is 0 Å². The van der Waals surface area contributed by atoms with Gasteiger partial charge in [-0.15, -0.1) is 0 Å². The Kier molecular flexibility index (Phi) is 5.64. The third-order valence-corrected chi connectivity index (χ3v) is 4.19. The zero-order chi connectivity index (χ0) is 17.5. The predicted octanol–water partition coefficient (Wildman–Crippen LogP) is 2.35. The average molecular weight is 337 g/mol. The Bertz CT molecular complexity index is 709. The highest BCUT2D eigenvalue weighted by atomic mass is 16.2. The van der Waals surface area contributed by atoms with Crippen LogP contribution in [-0.2, 0) is 6.54 Å². The van der Waals surface area contributed by atoms with Crippen LogP contribution in [0.3, 0.4) is 0 Å². The van der Waals surface area contributed by atoms with Gasteiger partial charge in [-0.3, -0.25) is 4.90 Å². The van der Waals surface area contributed by atoms with Gasteiger partial charge >= 0.3 is 6.03 Å². The number of carbonyl (C=O) groups is 1. The molecule has 3 N–H and O–H groups in total. The minimum absolute atomic E-state index is 0.271. The smallest absolute Gasteiger partial charge is 0.348 e. The fraction of sp³-hybridized carbons (Fsp3) is 0.263. The summed E-state index contributed by atoms with van der Waals surface area (Å²) >= 11 is 0. The number of nitrogens with zero attached hydrogens (tertiary/aromatic N) is 3. The zero-order valence-electron chi connectivity index (χ0n) is 14.1. The van der Waals surface area contributed by atoms with E-state index in [0.29, 0.717) is 5.69 Å². The van der Waals surface area contributed by atoms with Gasteiger partial charge in [-0.2, -0.15) is 4.99 Å². The lowest BCUT2D eigenvalue weighted by Gasteiger charge is -2.35. The molecule has 0 unspecified atom stereocenters. The van der Waals surface area contributed by atoms with Crippen LogP contribution in [0.15, 0.2) is 65.7 Å². The molecule has 130 valence electrons. The van der Waals surface area contributed by atoms with Gasteiger partial charge in [0.1, 0.15) is 0 Å². The lowest BCUT2D eigenvalue weighted by atomic mass is 10.2. The lowest BCUT2D eigenvalue weighted by molar-refractivity contribution is 0.174. The van der Waals surface area contributed by atoms with Gasteiger partial charge in [-0.25, -0.2) is 4.79 Å². The molecule has 0 spiro atoms. The minimum Gasteiger partial charge on any atom is -0.369 e. The normalized spacial score (nSPS) is 15.8. The van der Waals surface area contributed by atoms with Gasteiger partial charge in [0.25, 0.3) is 0 Å². The molecule has 1 aliphatic heterocycles. The van der Waals surface area contributed by atoms with E-state index in [0.717, 1.165) is 32.7 Å². The van der Waals surface area contributed by atoms with Gasteiger partial charge in [-0.05, 0) is 17.7 Å². The molecule has 2 aromatic carbocycles. The van der Waals surface area contributed by atoms with E-state index in [2.05, 4.69) is 39.5 Å². The van der Waals surface area contributed by atoms with Crippen molar-refractivity contribution in [1.29, 1.82) is 0 Å². The first kappa shape index (κ1) is 17.0. The minimum atomic E-state index is -0.449. The number of guanidine groups is 1. The molecule has 6 nitrogen and oxygen atoms in total. The summed E-state index contributed by atoms with van der Waals surface area (Å²) in [5.74, 6) is 0.271. The summed E-state index contributed by atoms with van der Waals surface area (Å²) in [5, 5.41) is 2.71. The predicted molar refractivity (Wildman–Crippen MR) is 100 cm³/mol. The second-order valence-corrected chi connectivity index (χ2v) is 6.01. The lowest BCUT2D eigenvalue weighted by Crippen LogP contribution is -2.51. The molecule has 2 aromatic rings. The van der Waals surface area contributed by atoms with Crippen LogP contribution >= 0.6 is 0 Å². The van der Waals surface area contributed by atoms with E-state index in [1.807, 2.05) is 41.3 Å². The number of hydrogen-bond acceptors (Lipinski definition) is 2. The van der Waals surface area contributed by atoms with Crippen LogP contribution in [0.25, 0.3) is 0 Å². The topological polar surface area (TPSA) is 74.0 Å². The maximum atomic E-state index is 12.0. The van der Waals surface area contributed by atoms with Crippen LogP contribution in [0.4, 0.5) is 10.5 Å². The van der Waals surface area contributed by atoms with E-state index in [4.69, 9.17) is 5.73 Å². The number of aliphatic imine (C=N–C) groups is 1. The third kappa shape index (κ3) is 5.06. The molecule has 2 amide bonds. The third-order valence-electron chi connectivity index (χ3n) is 4.19. The molecule has 1 fully saturated rings. The summed E-state index contributed by atoms with van der Waals surface area (Å²) < 4.78 is 0. The fourth-order valence-electron chi connectivity index (χ4n) is 2.82.